The second-order valence-corrected chi connectivity index (χ2v) is 9.62. The number of aromatic nitrogens is 1. The Morgan fingerprint density at radius 1 is 1.20 bits per heavy atom. The SMILES string of the molecule is CC(=O)N1CC2CCC1CN2C1CCC(Nc2ncc3oc(C#N)cc3c2Br)CC1. The molecule has 2 unspecified atom stereocenters. The predicted octanol–water partition coefficient (Wildman–Crippen LogP) is 3.88. The van der Waals surface area contributed by atoms with Gasteiger partial charge in [0.1, 0.15) is 11.9 Å². The first-order valence-electron chi connectivity index (χ1n) is 10.8. The third-order valence-electron chi connectivity index (χ3n) is 7.11. The van der Waals surface area contributed by atoms with Crippen LogP contribution in [0.5, 0.6) is 0 Å². The average molecular weight is 472 g/mol. The Labute approximate surface area is 184 Å². The molecule has 6 rings (SSSR count). The second kappa shape index (κ2) is 7.86. The Hall–Kier alpha value is -2.11. The smallest absolute Gasteiger partial charge is 0.219 e. The Morgan fingerprint density at radius 3 is 2.60 bits per heavy atom. The van der Waals surface area contributed by atoms with E-state index in [2.05, 4.69) is 36.0 Å². The lowest BCUT2D eigenvalue weighted by Crippen LogP contribution is -2.65. The first-order chi connectivity index (χ1) is 14.5. The van der Waals surface area contributed by atoms with Crippen molar-refractivity contribution in [3.63, 3.8) is 0 Å². The molecule has 1 N–H and O–H groups in total. The molecule has 0 radical (unpaired) electrons. The number of anilines is 1. The molecule has 3 aliphatic heterocycles. The highest BCUT2D eigenvalue weighted by Crippen LogP contribution is 2.36. The molecule has 30 heavy (non-hydrogen) atoms. The van der Waals surface area contributed by atoms with Gasteiger partial charge in [0.2, 0.25) is 11.7 Å². The zero-order chi connectivity index (χ0) is 20.8. The van der Waals surface area contributed by atoms with Crippen molar-refractivity contribution < 1.29 is 9.21 Å². The number of nitrogens with one attached hydrogen (secondary N) is 1. The van der Waals surface area contributed by atoms with Gasteiger partial charge in [0.25, 0.3) is 0 Å². The van der Waals surface area contributed by atoms with Crippen LogP contribution in [0.2, 0.25) is 0 Å². The molecule has 5 heterocycles. The van der Waals surface area contributed by atoms with Crippen LogP contribution in [0.4, 0.5) is 5.82 Å². The van der Waals surface area contributed by atoms with Gasteiger partial charge in [-0.2, -0.15) is 5.26 Å². The second-order valence-electron chi connectivity index (χ2n) is 8.82. The number of nitriles is 1. The number of pyridine rings is 1. The van der Waals surface area contributed by atoms with E-state index >= 15 is 0 Å². The van der Waals surface area contributed by atoms with Crippen molar-refractivity contribution in [1.82, 2.24) is 14.8 Å². The molecule has 0 spiro atoms. The van der Waals surface area contributed by atoms with Gasteiger partial charge in [0.15, 0.2) is 5.58 Å². The summed E-state index contributed by atoms with van der Waals surface area (Å²) in [4.78, 5) is 21.2. The standard InChI is InChI=1S/C22H26BrN5O2/c1-13(29)27-11-17-7-6-16(27)12-28(17)15-4-2-14(3-5-15)26-22-21(23)19-8-18(9-24)30-20(19)10-25-22/h8,10,14-17H,2-7,11-12H2,1H3,(H,25,26). The largest absolute Gasteiger partial charge is 0.444 e. The molecular weight excluding hydrogens is 446 g/mol. The fourth-order valence-electron chi connectivity index (χ4n) is 5.57. The van der Waals surface area contributed by atoms with Gasteiger partial charge < -0.3 is 14.6 Å². The molecule has 8 heteroatoms. The normalized spacial score (nSPS) is 29.2. The number of furan rings is 1. The van der Waals surface area contributed by atoms with Gasteiger partial charge in [-0.3, -0.25) is 9.69 Å². The number of piperidine rings is 2. The maximum absolute atomic E-state index is 11.9. The van der Waals surface area contributed by atoms with Gasteiger partial charge in [0.05, 0.1) is 10.7 Å². The Balaban J connectivity index is 1.21. The maximum atomic E-state index is 11.9. The van der Waals surface area contributed by atoms with Crippen molar-refractivity contribution in [3.8, 4) is 6.07 Å². The number of amides is 1. The summed E-state index contributed by atoms with van der Waals surface area (Å²) in [5.41, 5.74) is 0.618. The van der Waals surface area contributed by atoms with Crippen LogP contribution in [0.3, 0.4) is 0 Å². The van der Waals surface area contributed by atoms with E-state index in [4.69, 9.17) is 9.68 Å². The Bertz CT molecular complexity index is 1010. The molecule has 7 nitrogen and oxygen atoms in total. The number of carbonyl (C=O) groups is 1. The van der Waals surface area contributed by atoms with Crippen LogP contribution in [-0.4, -0.2) is 57.9 Å². The summed E-state index contributed by atoms with van der Waals surface area (Å²) in [6, 6.07) is 5.73. The van der Waals surface area contributed by atoms with Crippen LogP contribution >= 0.6 is 15.9 Å². The van der Waals surface area contributed by atoms with E-state index < -0.39 is 0 Å². The molecular formula is C22H26BrN5O2. The van der Waals surface area contributed by atoms with Crippen molar-refractivity contribution in [1.29, 1.82) is 5.26 Å². The van der Waals surface area contributed by atoms with Gasteiger partial charge in [-0.05, 0) is 54.5 Å². The minimum Gasteiger partial charge on any atom is -0.444 e. The number of hydrogen-bond acceptors (Lipinski definition) is 6. The minimum atomic E-state index is 0.229. The number of carbonyl (C=O) groups excluding carboxylic acids is 1. The fraction of sp³-hybridized carbons (Fsp3) is 0.591. The summed E-state index contributed by atoms with van der Waals surface area (Å²) in [6.45, 7) is 3.65. The highest BCUT2D eigenvalue weighted by atomic mass is 79.9. The van der Waals surface area contributed by atoms with Crippen LogP contribution in [0, 0.1) is 11.3 Å². The molecule has 4 fully saturated rings. The lowest BCUT2D eigenvalue weighted by Gasteiger charge is -2.54. The molecule has 2 aromatic rings. The third kappa shape index (κ3) is 3.48. The van der Waals surface area contributed by atoms with E-state index in [1.165, 1.54) is 19.3 Å². The molecule has 0 aromatic carbocycles. The Kier molecular flexibility index (Phi) is 5.19. The van der Waals surface area contributed by atoms with E-state index in [1.807, 2.05) is 6.07 Å². The lowest BCUT2D eigenvalue weighted by atomic mass is 9.84. The summed E-state index contributed by atoms with van der Waals surface area (Å²) < 4.78 is 6.31. The summed E-state index contributed by atoms with van der Waals surface area (Å²) >= 11 is 3.63. The van der Waals surface area contributed by atoms with Crippen molar-refractivity contribution >= 4 is 38.6 Å². The van der Waals surface area contributed by atoms with Gasteiger partial charge >= 0.3 is 0 Å². The van der Waals surface area contributed by atoms with Crippen molar-refractivity contribution in [3.05, 3.63) is 22.5 Å². The molecule has 4 aliphatic rings. The van der Waals surface area contributed by atoms with Crippen molar-refractivity contribution in [2.24, 2.45) is 0 Å². The van der Waals surface area contributed by atoms with Crippen molar-refractivity contribution in [2.45, 2.75) is 69.6 Å². The Morgan fingerprint density at radius 2 is 1.93 bits per heavy atom. The summed E-state index contributed by atoms with van der Waals surface area (Å²) in [5.74, 6) is 1.33. The molecule has 2 aromatic heterocycles. The lowest BCUT2D eigenvalue weighted by molar-refractivity contribution is -0.141. The highest BCUT2D eigenvalue weighted by Gasteiger charge is 2.43. The first-order valence-corrected chi connectivity index (χ1v) is 11.6. The number of fused-ring (bicyclic) bond motifs is 4. The molecule has 1 saturated carbocycles. The number of rotatable bonds is 3. The van der Waals surface area contributed by atoms with E-state index in [-0.39, 0.29) is 5.91 Å². The zero-order valence-electron chi connectivity index (χ0n) is 17.1. The van der Waals surface area contributed by atoms with Crippen LogP contribution in [0.15, 0.2) is 21.2 Å². The van der Waals surface area contributed by atoms with Gasteiger partial charge in [-0.25, -0.2) is 4.98 Å². The third-order valence-corrected chi connectivity index (χ3v) is 7.91. The monoisotopic (exact) mass is 471 g/mol. The van der Waals surface area contributed by atoms with Crippen LogP contribution < -0.4 is 5.32 Å². The molecule has 2 atom stereocenters. The zero-order valence-corrected chi connectivity index (χ0v) is 18.7. The summed E-state index contributed by atoms with van der Waals surface area (Å²) in [5, 5.41) is 13.5. The van der Waals surface area contributed by atoms with Crippen molar-refractivity contribution in [2.75, 3.05) is 18.4 Å². The van der Waals surface area contributed by atoms with Crippen LogP contribution in [0.25, 0.3) is 11.0 Å². The van der Waals surface area contributed by atoms with Crippen LogP contribution in [-0.2, 0) is 4.79 Å². The molecule has 1 aliphatic carbocycles. The number of piperazine rings is 1. The molecule has 3 saturated heterocycles. The molecule has 1 amide bonds. The van der Waals surface area contributed by atoms with E-state index in [9.17, 15) is 4.79 Å². The topological polar surface area (TPSA) is 85.4 Å². The number of halogens is 1. The average Bonchev–Trinajstić information content (AvgIpc) is 3.21. The van der Waals surface area contributed by atoms with E-state index in [0.717, 1.165) is 48.0 Å². The molecule has 2 bridgehead atoms. The first kappa shape index (κ1) is 19.8. The predicted molar refractivity (Wildman–Crippen MR) is 117 cm³/mol. The quantitative estimate of drug-likeness (QED) is 0.730. The van der Waals surface area contributed by atoms with Gasteiger partial charge in [-0.15, -0.1) is 0 Å². The fourth-order valence-corrected chi connectivity index (χ4v) is 6.10. The van der Waals surface area contributed by atoms with E-state index in [1.54, 1.807) is 19.2 Å². The molecule has 158 valence electrons. The summed E-state index contributed by atoms with van der Waals surface area (Å²) in [7, 11) is 0. The number of hydrogen-bond donors (Lipinski definition) is 1. The van der Waals surface area contributed by atoms with Gasteiger partial charge in [0, 0.05) is 55.6 Å². The highest BCUT2D eigenvalue weighted by molar-refractivity contribution is 9.10. The maximum Gasteiger partial charge on any atom is 0.219 e. The minimum absolute atomic E-state index is 0.229. The summed E-state index contributed by atoms with van der Waals surface area (Å²) in [6.07, 6.45) is 8.61. The van der Waals surface area contributed by atoms with Gasteiger partial charge in [-0.1, -0.05) is 0 Å². The van der Waals surface area contributed by atoms with E-state index in [0.29, 0.717) is 35.5 Å². The van der Waals surface area contributed by atoms with Crippen LogP contribution in [0.1, 0.15) is 51.2 Å². The number of nitrogens with zero attached hydrogens (tertiary/aromatic N) is 4.